The quantitative estimate of drug-likeness (QED) is 0.597. The van der Waals surface area contributed by atoms with Gasteiger partial charge in [0.1, 0.15) is 6.10 Å². The number of allylic oxidation sites excluding steroid dienone is 1. The van der Waals surface area contributed by atoms with Crippen LogP contribution in [0.5, 0.6) is 0 Å². The number of hydroxylamine groups is 1. The predicted octanol–water partition coefficient (Wildman–Crippen LogP) is 1.02. The maximum Gasteiger partial charge on any atom is 0.160 e. The number of Topliss-reactive ketones (excluding diaryl/α,β-unsaturated/α-hetero) is 1. The molecule has 0 aliphatic carbocycles. The summed E-state index contributed by atoms with van der Waals surface area (Å²) in [4.78, 5) is 15.4. The van der Waals surface area contributed by atoms with Gasteiger partial charge in [-0.3, -0.25) is 15.1 Å². The van der Waals surface area contributed by atoms with Crippen molar-refractivity contribution in [3.05, 3.63) is 12.3 Å². The minimum atomic E-state index is -0.406. The number of carbonyl (C=O) groups excluding carboxylic acids is 1. The molecule has 1 atom stereocenters. The van der Waals surface area contributed by atoms with Crippen LogP contribution in [0.4, 0.5) is 0 Å². The molecule has 0 aromatic carbocycles. The highest BCUT2D eigenvalue weighted by Gasteiger charge is 2.06. The molecule has 0 fully saturated rings. The lowest BCUT2D eigenvalue weighted by Crippen LogP contribution is -2.25. The maximum atomic E-state index is 10.6. The highest BCUT2D eigenvalue weighted by atomic mass is 16.7. The molecule has 0 aromatic heterocycles. The number of hydrogen-bond acceptors (Lipinski definition) is 3. The molecule has 3 nitrogen and oxygen atoms in total. The zero-order valence-electron chi connectivity index (χ0n) is 6.60. The first kappa shape index (κ1) is 9.17. The average Bonchev–Trinajstić information content (AvgIpc) is 1.82. The van der Waals surface area contributed by atoms with Crippen LogP contribution >= 0.6 is 0 Å². The summed E-state index contributed by atoms with van der Waals surface area (Å²) in [6, 6.07) is 0. The zero-order valence-corrected chi connectivity index (χ0v) is 6.60. The Hall–Kier alpha value is -0.830. The SMILES string of the molecule is C=C(C)NOC(C)C(C)=O. The monoisotopic (exact) mass is 143 g/mol. The van der Waals surface area contributed by atoms with Gasteiger partial charge in [0.25, 0.3) is 0 Å². The van der Waals surface area contributed by atoms with E-state index in [2.05, 4.69) is 12.1 Å². The van der Waals surface area contributed by atoms with Crippen molar-refractivity contribution in [3.63, 3.8) is 0 Å². The molecular weight excluding hydrogens is 130 g/mol. The minimum absolute atomic E-state index is 0.00579. The molecule has 0 heterocycles. The number of hydrogen-bond donors (Lipinski definition) is 1. The van der Waals surface area contributed by atoms with E-state index >= 15 is 0 Å². The zero-order chi connectivity index (χ0) is 8.15. The van der Waals surface area contributed by atoms with E-state index in [0.29, 0.717) is 5.70 Å². The highest BCUT2D eigenvalue weighted by Crippen LogP contribution is 1.90. The molecule has 0 aliphatic rings. The van der Waals surface area contributed by atoms with Gasteiger partial charge >= 0.3 is 0 Å². The van der Waals surface area contributed by atoms with Crippen LogP contribution in [0.2, 0.25) is 0 Å². The Labute approximate surface area is 61.0 Å². The van der Waals surface area contributed by atoms with Crippen LogP contribution in [-0.2, 0) is 9.63 Å². The first-order chi connectivity index (χ1) is 4.54. The summed E-state index contributed by atoms with van der Waals surface area (Å²) < 4.78 is 0. The minimum Gasteiger partial charge on any atom is -0.297 e. The van der Waals surface area contributed by atoms with Gasteiger partial charge in [0.15, 0.2) is 5.78 Å². The van der Waals surface area contributed by atoms with Gasteiger partial charge in [0.05, 0.1) is 0 Å². The molecule has 58 valence electrons. The molecule has 0 rings (SSSR count). The molecule has 3 heteroatoms. The molecule has 0 spiro atoms. The molecule has 1 N–H and O–H groups in total. The molecule has 0 aromatic rings. The smallest absolute Gasteiger partial charge is 0.160 e. The second kappa shape index (κ2) is 4.06. The van der Waals surface area contributed by atoms with Gasteiger partial charge in [-0.25, -0.2) is 0 Å². The summed E-state index contributed by atoms with van der Waals surface area (Å²) in [5.74, 6) is -0.00579. The van der Waals surface area contributed by atoms with Crippen molar-refractivity contribution >= 4 is 5.78 Å². The summed E-state index contributed by atoms with van der Waals surface area (Å²) in [5, 5.41) is 0. The van der Waals surface area contributed by atoms with E-state index in [-0.39, 0.29) is 5.78 Å². The van der Waals surface area contributed by atoms with E-state index in [0.717, 1.165) is 0 Å². The normalized spacial score (nSPS) is 12.3. The Kier molecular flexibility index (Phi) is 3.72. The average molecular weight is 143 g/mol. The fourth-order valence-electron chi connectivity index (χ4n) is 0.272. The van der Waals surface area contributed by atoms with E-state index in [1.807, 2.05) is 0 Å². The molecule has 0 saturated heterocycles. The van der Waals surface area contributed by atoms with Crippen molar-refractivity contribution in [2.45, 2.75) is 26.9 Å². The predicted molar refractivity (Wildman–Crippen MR) is 39.2 cm³/mol. The number of rotatable bonds is 4. The van der Waals surface area contributed by atoms with Crippen molar-refractivity contribution in [1.82, 2.24) is 5.48 Å². The number of carbonyl (C=O) groups is 1. The van der Waals surface area contributed by atoms with Crippen LogP contribution in [0.1, 0.15) is 20.8 Å². The lowest BCUT2D eigenvalue weighted by Gasteiger charge is -2.09. The van der Waals surface area contributed by atoms with Crippen LogP contribution in [0.3, 0.4) is 0 Å². The maximum absolute atomic E-state index is 10.6. The van der Waals surface area contributed by atoms with Crippen LogP contribution in [0.15, 0.2) is 12.3 Å². The Morgan fingerprint density at radius 2 is 2.10 bits per heavy atom. The summed E-state index contributed by atoms with van der Waals surface area (Å²) in [5.41, 5.74) is 3.20. The standard InChI is InChI=1S/C7H13NO2/c1-5(2)8-10-7(4)6(3)9/h7-8H,1H2,2-4H3. The van der Waals surface area contributed by atoms with Crippen molar-refractivity contribution < 1.29 is 9.63 Å². The van der Waals surface area contributed by atoms with E-state index < -0.39 is 6.10 Å². The second-order valence-corrected chi connectivity index (χ2v) is 2.25. The Balaban J connectivity index is 3.49. The molecule has 10 heavy (non-hydrogen) atoms. The third kappa shape index (κ3) is 4.09. The van der Waals surface area contributed by atoms with Gasteiger partial charge in [-0.05, 0) is 20.8 Å². The van der Waals surface area contributed by atoms with Crippen molar-refractivity contribution in [2.24, 2.45) is 0 Å². The third-order valence-electron chi connectivity index (χ3n) is 0.982. The Morgan fingerprint density at radius 1 is 1.60 bits per heavy atom. The molecule has 0 saturated carbocycles. The van der Waals surface area contributed by atoms with E-state index in [1.165, 1.54) is 6.92 Å². The summed E-state index contributed by atoms with van der Waals surface area (Å²) in [6.07, 6.45) is -0.406. The molecule has 0 amide bonds. The van der Waals surface area contributed by atoms with E-state index in [4.69, 9.17) is 4.84 Å². The van der Waals surface area contributed by atoms with Gasteiger partial charge in [-0.15, -0.1) is 0 Å². The molecule has 1 unspecified atom stereocenters. The van der Waals surface area contributed by atoms with Gasteiger partial charge in [0, 0.05) is 5.70 Å². The van der Waals surface area contributed by atoms with Crippen molar-refractivity contribution in [1.29, 1.82) is 0 Å². The molecule has 0 bridgehead atoms. The number of nitrogens with one attached hydrogen (secondary N) is 1. The van der Waals surface area contributed by atoms with Gasteiger partial charge in [-0.2, -0.15) is 0 Å². The van der Waals surface area contributed by atoms with Gasteiger partial charge in [-0.1, -0.05) is 6.58 Å². The van der Waals surface area contributed by atoms with Crippen LogP contribution < -0.4 is 5.48 Å². The van der Waals surface area contributed by atoms with E-state index in [9.17, 15) is 4.79 Å². The van der Waals surface area contributed by atoms with Crippen molar-refractivity contribution in [3.8, 4) is 0 Å². The third-order valence-corrected chi connectivity index (χ3v) is 0.982. The second-order valence-electron chi connectivity index (χ2n) is 2.25. The lowest BCUT2D eigenvalue weighted by atomic mass is 10.3. The first-order valence-corrected chi connectivity index (χ1v) is 3.11. The topological polar surface area (TPSA) is 38.3 Å². The lowest BCUT2D eigenvalue weighted by molar-refractivity contribution is -0.130. The largest absolute Gasteiger partial charge is 0.297 e. The fraction of sp³-hybridized carbons (Fsp3) is 0.571. The van der Waals surface area contributed by atoms with Gasteiger partial charge in [0.2, 0.25) is 0 Å². The molecule has 0 aliphatic heterocycles. The van der Waals surface area contributed by atoms with Crippen LogP contribution in [-0.4, -0.2) is 11.9 Å². The fourth-order valence-corrected chi connectivity index (χ4v) is 0.272. The highest BCUT2D eigenvalue weighted by molar-refractivity contribution is 5.79. The summed E-state index contributed by atoms with van der Waals surface area (Å²) in [7, 11) is 0. The molecular formula is C7H13NO2. The van der Waals surface area contributed by atoms with Gasteiger partial charge < -0.3 is 0 Å². The summed E-state index contributed by atoms with van der Waals surface area (Å²) in [6.45, 7) is 8.45. The molecule has 0 radical (unpaired) electrons. The van der Waals surface area contributed by atoms with Crippen LogP contribution in [0.25, 0.3) is 0 Å². The Morgan fingerprint density at radius 3 is 2.40 bits per heavy atom. The van der Waals surface area contributed by atoms with Crippen molar-refractivity contribution in [2.75, 3.05) is 0 Å². The Bertz CT molecular complexity index is 143. The van der Waals surface area contributed by atoms with Crippen LogP contribution in [0, 0.1) is 0 Å². The number of ketones is 1. The van der Waals surface area contributed by atoms with E-state index in [1.54, 1.807) is 13.8 Å². The summed E-state index contributed by atoms with van der Waals surface area (Å²) >= 11 is 0. The first-order valence-electron chi connectivity index (χ1n) is 3.11.